The van der Waals surface area contributed by atoms with Gasteiger partial charge in [-0.15, -0.1) is 0 Å². The van der Waals surface area contributed by atoms with Gasteiger partial charge in [-0.05, 0) is 30.0 Å². The highest BCUT2D eigenvalue weighted by Gasteiger charge is 2.25. The molecule has 0 saturated heterocycles. The number of aryl methyl sites for hydroxylation is 2. The maximum atomic E-state index is 10.2. The zero-order chi connectivity index (χ0) is 14.8. The molecule has 1 aromatic carbocycles. The molecule has 4 heteroatoms. The second-order valence-corrected chi connectivity index (χ2v) is 5.14. The summed E-state index contributed by atoms with van der Waals surface area (Å²) in [5, 5.41) is 13.6. The molecular weight excluding hydrogens is 262 g/mol. The molecule has 1 aliphatic rings. The molecule has 2 aromatic rings. The van der Waals surface area contributed by atoms with Crippen molar-refractivity contribution in [3.8, 4) is 0 Å². The fraction of sp³-hybridized carbons (Fsp3) is 0.294. The highest BCUT2D eigenvalue weighted by molar-refractivity contribution is 5.66. The number of hydrogen-bond donors (Lipinski definition) is 2. The lowest BCUT2D eigenvalue weighted by molar-refractivity contribution is 0.387. The molecule has 1 aliphatic carbocycles. The monoisotopic (exact) mass is 281 g/mol. The predicted octanol–water partition coefficient (Wildman–Crippen LogP) is 3.67. The van der Waals surface area contributed by atoms with E-state index in [4.69, 9.17) is 0 Å². The zero-order valence-corrected chi connectivity index (χ0v) is 12.3. The number of fused-ring (bicyclic) bond motifs is 1. The summed E-state index contributed by atoms with van der Waals surface area (Å²) in [6.07, 6.45) is 5.27. The molecule has 1 heterocycles. The Hall–Kier alpha value is -2.36. The van der Waals surface area contributed by atoms with Gasteiger partial charge < -0.3 is 10.4 Å². The van der Waals surface area contributed by atoms with Crippen molar-refractivity contribution in [1.29, 1.82) is 0 Å². The van der Waals surface area contributed by atoms with E-state index in [1.54, 1.807) is 6.08 Å². The Morgan fingerprint density at radius 1 is 1.19 bits per heavy atom. The van der Waals surface area contributed by atoms with Crippen LogP contribution in [0.3, 0.4) is 0 Å². The fourth-order valence-electron chi connectivity index (χ4n) is 2.59. The third-order valence-corrected chi connectivity index (χ3v) is 3.78. The van der Waals surface area contributed by atoms with Crippen molar-refractivity contribution >= 4 is 11.9 Å². The van der Waals surface area contributed by atoms with E-state index in [0.29, 0.717) is 5.76 Å². The first-order valence-corrected chi connectivity index (χ1v) is 7.33. The number of aliphatic hydroxyl groups is 1. The Kier molecular flexibility index (Phi) is 3.60. The molecule has 3 rings (SSSR count). The third-order valence-electron chi connectivity index (χ3n) is 3.78. The minimum atomic E-state index is -0.243. The number of nitrogens with one attached hydrogen (secondary N) is 1. The van der Waals surface area contributed by atoms with Gasteiger partial charge in [0.1, 0.15) is 17.6 Å². The Morgan fingerprint density at radius 2 is 2.00 bits per heavy atom. The van der Waals surface area contributed by atoms with Crippen molar-refractivity contribution in [3.63, 3.8) is 0 Å². The van der Waals surface area contributed by atoms with Crippen LogP contribution in [-0.2, 0) is 12.8 Å². The quantitative estimate of drug-likeness (QED) is 0.897. The number of benzene rings is 1. The summed E-state index contributed by atoms with van der Waals surface area (Å²) in [4.78, 5) is 9.09. The largest absolute Gasteiger partial charge is 0.510 e. The first-order chi connectivity index (χ1) is 10.2. The van der Waals surface area contributed by atoms with Crippen molar-refractivity contribution in [2.24, 2.45) is 0 Å². The van der Waals surface area contributed by atoms with Gasteiger partial charge in [-0.25, -0.2) is 4.98 Å². The molecule has 21 heavy (non-hydrogen) atoms. The third kappa shape index (κ3) is 2.49. The standard InChI is InChI=1S/C17H19N3O/c1-3-12-10-18-14(4-2)17(19-12)20-16-13-8-6-5-7-11(13)9-15(16)21/h5-10,16,21H,3-4H2,1-2H3,(H,19,20). The maximum Gasteiger partial charge on any atom is 0.148 e. The molecule has 2 N–H and O–H groups in total. The topological polar surface area (TPSA) is 58.0 Å². The highest BCUT2D eigenvalue weighted by atomic mass is 16.3. The summed E-state index contributed by atoms with van der Waals surface area (Å²) in [6.45, 7) is 4.11. The Bertz CT molecular complexity index is 694. The van der Waals surface area contributed by atoms with E-state index in [-0.39, 0.29) is 6.04 Å². The molecule has 0 fully saturated rings. The molecule has 1 unspecified atom stereocenters. The van der Waals surface area contributed by atoms with E-state index in [9.17, 15) is 5.11 Å². The van der Waals surface area contributed by atoms with Crippen LogP contribution in [0.15, 0.2) is 36.2 Å². The molecule has 1 aromatic heterocycles. The van der Waals surface area contributed by atoms with Gasteiger partial charge >= 0.3 is 0 Å². The van der Waals surface area contributed by atoms with E-state index >= 15 is 0 Å². The first-order valence-electron chi connectivity index (χ1n) is 7.33. The number of nitrogens with zero attached hydrogens (tertiary/aromatic N) is 2. The average molecular weight is 281 g/mol. The second kappa shape index (κ2) is 5.56. The lowest BCUT2D eigenvalue weighted by Crippen LogP contribution is -2.14. The number of rotatable bonds is 4. The molecule has 0 bridgehead atoms. The lowest BCUT2D eigenvalue weighted by atomic mass is 10.1. The minimum absolute atomic E-state index is 0.243. The summed E-state index contributed by atoms with van der Waals surface area (Å²) in [5.41, 5.74) is 3.99. The van der Waals surface area contributed by atoms with E-state index < -0.39 is 0 Å². The summed E-state index contributed by atoms with van der Waals surface area (Å²) >= 11 is 0. The smallest absolute Gasteiger partial charge is 0.148 e. The molecule has 0 radical (unpaired) electrons. The van der Waals surface area contributed by atoms with E-state index in [2.05, 4.69) is 29.1 Å². The molecule has 1 atom stereocenters. The summed E-state index contributed by atoms with van der Waals surface area (Å²) in [6, 6.07) is 7.74. The van der Waals surface area contributed by atoms with Gasteiger partial charge in [0.15, 0.2) is 0 Å². The van der Waals surface area contributed by atoms with Crippen LogP contribution < -0.4 is 5.32 Å². The summed E-state index contributed by atoms with van der Waals surface area (Å²) < 4.78 is 0. The van der Waals surface area contributed by atoms with Crippen molar-refractivity contribution in [2.45, 2.75) is 32.7 Å². The Balaban J connectivity index is 1.96. The number of aliphatic hydroxyl groups excluding tert-OH is 1. The van der Waals surface area contributed by atoms with Gasteiger partial charge in [0.05, 0.1) is 11.4 Å². The van der Waals surface area contributed by atoms with Crippen molar-refractivity contribution in [2.75, 3.05) is 5.32 Å². The van der Waals surface area contributed by atoms with Crippen LogP contribution in [0, 0.1) is 0 Å². The summed E-state index contributed by atoms with van der Waals surface area (Å²) in [5.74, 6) is 1.08. The van der Waals surface area contributed by atoms with Crippen molar-refractivity contribution in [3.05, 3.63) is 58.7 Å². The van der Waals surface area contributed by atoms with Gasteiger partial charge in [0.2, 0.25) is 0 Å². The van der Waals surface area contributed by atoms with Crippen LogP contribution in [0.2, 0.25) is 0 Å². The van der Waals surface area contributed by atoms with Gasteiger partial charge in [-0.2, -0.15) is 0 Å². The van der Waals surface area contributed by atoms with Gasteiger partial charge in [0, 0.05) is 6.20 Å². The molecule has 108 valence electrons. The second-order valence-electron chi connectivity index (χ2n) is 5.14. The Labute approximate surface area is 124 Å². The van der Waals surface area contributed by atoms with Gasteiger partial charge in [-0.1, -0.05) is 38.1 Å². The molecule has 4 nitrogen and oxygen atoms in total. The normalized spacial score (nSPS) is 16.5. The number of hydrogen-bond acceptors (Lipinski definition) is 4. The van der Waals surface area contributed by atoms with E-state index in [1.807, 2.05) is 30.5 Å². The molecule has 0 spiro atoms. The van der Waals surface area contributed by atoms with Crippen LogP contribution in [-0.4, -0.2) is 15.1 Å². The van der Waals surface area contributed by atoms with Crippen LogP contribution in [0.5, 0.6) is 0 Å². The van der Waals surface area contributed by atoms with Gasteiger partial charge in [0.25, 0.3) is 0 Å². The Morgan fingerprint density at radius 3 is 2.76 bits per heavy atom. The number of anilines is 1. The SMILES string of the molecule is CCc1cnc(CC)c(NC2C(O)=Cc3ccccc32)n1. The van der Waals surface area contributed by atoms with E-state index in [0.717, 1.165) is 41.2 Å². The highest BCUT2D eigenvalue weighted by Crippen LogP contribution is 2.35. The minimum Gasteiger partial charge on any atom is -0.510 e. The molecule has 0 saturated carbocycles. The van der Waals surface area contributed by atoms with Crippen LogP contribution in [0.4, 0.5) is 5.82 Å². The lowest BCUT2D eigenvalue weighted by Gasteiger charge is -2.18. The van der Waals surface area contributed by atoms with Crippen LogP contribution >= 0.6 is 0 Å². The maximum absolute atomic E-state index is 10.2. The number of aromatic nitrogens is 2. The predicted molar refractivity (Wildman–Crippen MR) is 84.2 cm³/mol. The first kappa shape index (κ1) is 13.6. The summed E-state index contributed by atoms with van der Waals surface area (Å²) in [7, 11) is 0. The average Bonchev–Trinajstić information content (AvgIpc) is 2.83. The van der Waals surface area contributed by atoms with Crippen LogP contribution in [0.1, 0.15) is 42.4 Å². The van der Waals surface area contributed by atoms with Crippen molar-refractivity contribution in [1.82, 2.24) is 9.97 Å². The van der Waals surface area contributed by atoms with Crippen LogP contribution in [0.25, 0.3) is 6.08 Å². The molecule has 0 aliphatic heterocycles. The van der Waals surface area contributed by atoms with E-state index in [1.165, 1.54) is 0 Å². The molecular formula is C17H19N3O. The zero-order valence-electron chi connectivity index (χ0n) is 12.3. The molecule has 0 amide bonds. The fourth-order valence-corrected chi connectivity index (χ4v) is 2.59. The van der Waals surface area contributed by atoms with Gasteiger partial charge in [-0.3, -0.25) is 4.98 Å². The van der Waals surface area contributed by atoms with Crippen molar-refractivity contribution < 1.29 is 5.11 Å².